The lowest BCUT2D eigenvalue weighted by molar-refractivity contribution is -0.142. The number of hydrogen-bond acceptors (Lipinski definition) is 3. The molecule has 1 saturated heterocycles. The van der Waals surface area contributed by atoms with Crippen molar-refractivity contribution in [2.24, 2.45) is 5.92 Å². The van der Waals surface area contributed by atoms with E-state index in [1.807, 2.05) is 58.0 Å². The van der Waals surface area contributed by atoms with Gasteiger partial charge in [-0.1, -0.05) is 51.1 Å². The summed E-state index contributed by atoms with van der Waals surface area (Å²) in [6.07, 6.45) is 0.881. The van der Waals surface area contributed by atoms with Gasteiger partial charge in [-0.2, -0.15) is 0 Å². The highest BCUT2D eigenvalue weighted by atomic mass is 32.2. The molecule has 2 amide bonds. The molecule has 23 heavy (non-hydrogen) atoms. The molecule has 0 radical (unpaired) electrons. The number of benzene rings is 1. The van der Waals surface area contributed by atoms with Crippen molar-refractivity contribution in [1.82, 2.24) is 10.2 Å². The van der Waals surface area contributed by atoms with Crippen LogP contribution in [0, 0.1) is 5.92 Å². The minimum Gasteiger partial charge on any atom is -0.352 e. The van der Waals surface area contributed by atoms with Gasteiger partial charge >= 0.3 is 0 Å². The van der Waals surface area contributed by atoms with Gasteiger partial charge in [-0.15, -0.1) is 11.8 Å². The predicted octanol–water partition coefficient (Wildman–Crippen LogP) is 3.20. The van der Waals surface area contributed by atoms with Crippen LogP contribution in [0.4, 0.5) is 0 Å². The van der Waals surface area contributed by atoms with Crippen LogP contribution in [0.25, 0.3) is 0 Å². The minimum absolute atomic E-state index is 0.0353. The van der Waals surface area contributed by atoms with Crippen LogP contribution in [-0.2, 0) is 9.59 Å². The molecule has 0 saturated carbocycles. The lowest BCUT2D eigenvalue weighted by Crippen LogP contribution is -2.50. The zero-order valence-electron chi connectivity index (χ0n) is 14.3. The summed E-state index contributed by atoms with van der Waals surface area (Å²) in [4.78, 5) is 27.1. The van der Waals surface area contributed by atoms with Crippen molar-refractivity contribution >= 4 is 23.6 Å². The van der Waals surface area contributed by atoms with Crippen molar-refractivity contribution in [3.63, 3.8) is 0 Å². The number of rotatable bonds is 5. The summed E-state index contributed by atoms with van der Waals surface area (Å²) in [6, 6.07) is 9.68. The van der Waals surface area contributed by atoms with Crippen molar-refractivity contribution in [3.8, 4) is 0 Å². The molecule has 2 rings (SSSR count). The lowest BCUT2D eigenvalue weighted by atomic mass is 10.1. The monoisotopic (exact) mass is 334 g/mol. The van der Waals surface area contributed by atoms with E-state index in [1.165, 1.54) is 0 Å². The Bertz CT molecular complexity index is 547. The summed E-state index contributed by atoms with van der Waals surface area (Å²) in [6.45, 7) is 7.80. The average Bonchev–Trinajstić information content (AvgIpc) is 2.99. The maximum absolute atomic E-state index is 12.7. The second-order valence-electron chi connectivity index (χ2n) is 6.33. The van der Waals surface area contributed by atoms with Gasteiger partial charge in [0, 0.05) is 17.7 Å². The molecule has 1 N–H and O–H groups in total. The van der Waals surface area contributed by atoms with Crippen LogP contribution in [0.2, 0.25) is 0 Å². The van der Waals surface area contributed by atoms with Gasteiger partial charge in [-0.3, -0.25) is 9.59 Å². The molecule has 5 heteroatoms. The van der Waals surface area contributed by atoms with Crippen molar-refractivity contribution in [3.05, 3.63) is 35.9 Å². The van der Waals surface area contributed by atoms with E-state index in [0.717, 1.165) is 12.0 Å². The summed E-state index contributed by atoms with van der Waals surface area (Å²) < 4.78 is 0. The van der Waals surface area contributed by atoms with E-state index < -0.39 is 6.04 Å². The summed E-state index contributed by atoms with van der Waals surface area (Å²) >= 11 is 1.66. The smallest absolute Gasteiger partial charge is 0.243 e. The van der Waals surface area contributed by atoms with Gasteiger partial charge in [0.05, 0.1) is 0 Å². The Balaban J connectivity index is 2.25. The molecule has 0 aliphatic carbocycles. The second kappa shape index (κ2) is 7.86. The lowest BCUT2D eigenvalue weighted by Gasteiger charge is -2.31. The number of carbonyl (C=O) groups is 2. The Kier molecular flexibility index (Phi) is 6.10. The molecule has 0 bridgehead atoms. The molecule has 3 atom stereocenters. The first-order valence-electron chi connectivity index (χ1n) is 8.24. The third-order valence-corrected chi connectivity index (χ3v) is 5.46. The average molecular weight is 334 g/mol. The van der Waals surface area contributed by atoms with E-state index in [-0.39, 0.29) is 29.1 Å². The zero-order valence-corrected chi connectivity index (χ0v) is 15.1. The van der Waals surface area contributed by atoms with Crippen molar-refractivity contribution in [2.45, 2.75) is 51.6 Å². The first-order valence-corrected chi connectivity index (χ1v) is 9.29. The Morgan fingerprint density at radius 2 is 1.91 bits per heavy atom. The number of amides is 2. The molecular weight excluding hydrogens is 308 g/mol. The maximum Gasteiger partial charge on any atom is 0.243 e. The first kappa shape index (κ1) is 17.9. The Morgan fingerprint density at radius 3 is 2.48 bits per heavy atom. The van der Waals surface area contributed by atoms with E-state index >= 15 is 0 Å². The standard InChI is InChI=1S/C18H26N2O2S/c1-5-13(4)19-16(21)15-11-23-18(14-9-7-6-8-10-14)20(15)17(22)12(2)3/h6-10,12-13,15,18H,5,11H2,1-4H3,(H,19,21)/t13-,15+,18+/m0/s1. The number of nitrogens with zero attached hydrogens (tertiary/aromatic N) is 1. The van der Waals surface area contributed by atoms with Crippen LogP contribution in [0.3, 0.4) is 0 Å². The summed E-state index contributed by atoms with van der Waals surface area (Å²) in [5.74, 6) is 0.506. The molecular formula is C18H26N2O2S. The Hall–Kier alpha value is -1.49. The van der Waals surface area contributed by atoms with Crippen LogP contribution < -0.4 is 5.32 Å². The normalized spacial score (nSPS) is 22.2. The van der Waals surface area contributed by atoms with Gasteiger partial charge in [0.2, 0.25) is 11.8 Å². The predicted molar refractivity (Wildman–Crippen MR) is 95.0 cm³/mol. The van der Waals surface area contributed by atoms with Crippen LogP contribution in [0.5, 0.6) is 0 Å². The molecule has 1 aliphatic rings. The highest BCUT2D eigenvalue weighted by Gasteiger charge is 2.42. The zero-order chi connectivity index (χ0) is 17.0. The number of thioether (sulfide) groups is 1. The Labute approximate surface area is 143 Å². The van der Waals surface area contributed by atoms with Gasteiger partial charge in [0.25, 0.3) is 0 Å². The molecule has 1 aromatic rings. The van der Waals surface area contributed by atoms with Gasteiger partial charge in [-0.05, 0) is 18.9 Å². The SMILES string of the molecule is CC[C@H](C)NC(=O)[C@H]1CS[C@H](c2ccccc2)N1C(=O)C(C)C. The second-order valence-corrected chi connectivity index (χ2v) is 7.44. The van der Waals surface area contributed by atoms with Gasteiger partial charge in [0.1, 0.15) is 11.4 Å². The van der Waals surface area contributed by atoms with Crippen LogP contribution in [0.1, 0.15) is 45.1 Å². The fraction of sp³-hybridized carbons (Fsp3) is 0.556. The van der Waals surface area contributed by atoms with E-state index in [0.29, 0.717) is 5.75 Å². The number of hydrogen-bond donors (Lipinski definition) is 1. The van der Waals surface area contributed by atoms with E-state index in [1.54, 1.807) is 16.7 Å². The molecule has 1 heterocycles. The van der Waals surface area contributed by atoms with E-state index in [9.17, 15) is 9.59 Å². The highest BCUT2D eigenvalue weighted by Crippen LogP contribution is 2.42. The largest absolute Gasteiger partial charge is 0.352 e. The fourth-order valence-corrected chi connectivity index (χ4v) is 4.03. The van der Waals surface area contributed by atoms with Gasteiger partial charge < -0.3 is 10.2 Å². The van der Waals surface area contributed by atoms with Gasteiger partial charge in [-0.25, -0.2) is 0 Å². The molecule has 4 nitrogen and oxygen atoms in total. The third kappa shape index (κ3) is 4.08. The van der Waals surface area contributed by atoms with Crippen LogP contribution in [0.15, 0.2) is 30.3 Å². The molecule has 126 valence electrons. The molecule has 0 unspecified atom stereocenters. The summed E-state index contributed by atoms with van der Waals surface area (Å²) in [7, 11) is 0. The minimum atomic E-state index is -0.394. The van der Waals surface area contributed by atoms with Crippen molar-refractivity contribution in [1.29, 1.82) is 0 Å². The van der Waals surface area contributed by atoms with E-state index in [4.69, 9.17) is 0 Å². The fourth-order valence-electron chi connectivity index (χ4n) is 2.59. The molecule has 1 aromatic carbocycles. The Morgan fingerprint density at radius 1 is 1.26 bits per heavy atom. The maximum atomic E-state index is 12.7. The van der Waals surface area contributed by atoms with Crippen molar-refractivity contribution in [2.75, 3.05) is 5.75 Å². The van der Waals surface area contributed by atoms with Crippen LogP contribution in [-0.4, -0.2) is 34.6 Å². The highest BCUT2D eigenvalue weighted by molar-refractivity contribution is 7.99. The number of carbonyl (C=O) groups excluding carboxylic acids is 2. The topological polar surface area (TPSA) is 49.4 Å². The molecule has 0 aromatic heterocycles. The van der Waals surface area contributed by atoms with Crippen molar-refractivity contribution < 1.29 is 9.59 Å². The molecule has 0 spiro atoms. The van der Waals surface area contributed by atoms with Gasteiger partial charge in [0.15, 0.2) is 0 Å². The summed E-state index contributed by atoms with van der Waals surface area (Å²) in [5.41, 5.74) is 1.07. The van der Waals surface area contributed by atoms with Crippen LogP contribution >= 0.6 is 11.8 Å². The van der Waals surface area contributed by atoms with E-state index in [2.05, 4.69) is 5.32 Å². The number of nitrogens with one attached hydrogen (secondary N) is 1. The quantitative estimate of drug-likeness (QED) is 0.899. The molecule has 1 fully saturated rings. The molecule has 1 aliphatic heterocycles. The third-order valence-electron chi connectivity index (χ3n) is 4.14. The summed E-state index contributed by atoms with van der Waals surface area (Å²) in [5, 5.41) is 2.94. The first-order chi connectivity index (χ1) is 11.0.